The Morgan fingerprint density at radius 3 is 2.61 bits per heavy atom. The van der Waals surface area contributed by atoms with E-state index in [4.69, 9.17) is 27.9 Å². The molecule has 164 valence electrons. The van der Waals surface area contributed by atoms with Gasteiger partial charge in [-0.3, -0.25) is 4.79 Å². The third-order valence-electron chi connectivity index (χ3n) is 5.09. The van der Waals surface area contributed by atoms with Crippen LogP contribution in [0.25, 0.3) is 0 Å². The Bertz CT molecular complexity index is 1050. The maximum Gasteiger partial charge on any atom is 0.346 e. The van der Waals surface area contributed by atoms with Crippen molar-refractivity contribution in [1.29, 1.82) is 0 Å². The van der Waals surface area contributed by atoms with E-state index in [0.717, 1.165) is 17.8 Å². The molecular weight excluding hydrogens is 455 g/mol. The average molecular weight is 479 g/mol. The summed E-state index contributed by atoms with van der Waals surface area (Å²) in [5, 5.41) is 10.6. The van der Waals surface area contributed by atoms with Gasteiger partial charge in [-0.15, -0.1) is 11.3 Å². The van der Waals surface area contributed by atoms with Crippen molar-refractivity contribution in [2.75, 3.05) is 13.2 Å². The summed E-state index contributed by atoms with van der Waals surface area (Å²) in [6.07, 6.45) is 0.905. The van der Waals surface area contributed by atoms with Gasteiger partial charge in [0.05, 0.1) is 16.5 Å². The predicted octanol–water partition coefficient (Wildman–Crippen LogP) is 6.54. The van der Waals surface area contributed by atoms with Gasteiger partial charge in [0, 0.05) is 29.0 Å². The van der Waals surface area contributed by atoms with Crippen LogP contribution in [0.3, 0.4) is 0 Å². The number of hydrogen-bond acceptors (Lipinski definition) is 4. The van der Waals surface area contributed by atoms with Crippen molar-refractivity contribution in [3.63, 3.8) is 0 Å². The topological polar surface area (TPSA) is 63.6 Å². The number of carbonyl (C=O) groups is 2. The molecule has 0 saturated carbocycles. The number of carboxylic acids is 1. The second kappa shape index (κ2) is 9.75. The van der Waals surface area contributed by atoms with Crippen LogP contribution in [0.5, 0.6) is 0 Å². The van der Waals surface area contributed by atoms with Crippen LogP contribution in [0.1, 0.15) is 70.0 Å². The number of carbonyl (C=O) groups excluding carboxylic acids is 1. The molecule has 2 unspecified atom stereocenters. The van der Waals surface area contributed by atoms with Crippen LogP contribution in [0.2, 0.25) is 10.0 Å². The molecule has 2 aromatic rings. The van der Waals surface area contributed by atoms with Gasteiger partial charge in [-0.2, -0.15) is 0 Å². The first-order valence-electron chi connectivity index (χ1n) is 10.0. The Labute approximate surface area is 196 Å². The number of aromatic carboxylic acids is 1. The molecule has 2 heterocycles. The summed E-state index contributed by atoms with van der Waals surface area (Å²) in [5.74, 6) is 4.84. The molecule has 0 radical (unpaired) electrons. The molecule has 1 saturated heterocycles. The molecule has 1 aromatic heterocycles. The number of thiophene rings is 1. The zero-order chi connectivity index (χ0) is 22.8. The highest BCUT2D eigenvalue weighted by Crippen LogP contribution is 2.40. The van der Waals surface area contributed by atoms with Crippen molar-refractivity contribution in [1.82, 2.24) is 0 Å². The van der Waals surface area contributed by atoms with Crippen molar-refractivity contribution in [2.45, 2.75) is 39.5 Å². The lowest BCUT2D eigenvalue weighted by Gasteiger charge is -2.22. The van der Waals surface area contributed by atoms with Gasteiger partial charge < -0.3 is 9.84 Å². The monoisotopic (exact) mass is 478 g/mol. The molecule has 31 heavy (non-hydrogen) atoms. The largest absolute Gasteiger partial charge is 0.477 e. The molecule has 1 aromatic carbocycles. The first-order valence-corrected chi connectivity index (χ1v) is 11.6. The summed E-state index contributed by atoms with van der Waals surface area (Å²) in [4.78, 5) is 26.0. The lowest BCUT2D eigenvalue weighted by Crippen LogP contribution is -2.19. The maximum atomic E-state index is 13.1. The van der Waals surface area contributed by atoms with Crippen LogP contribution in [-0.2, 0) is 4.74 Å². The number of carboxylic acid groups (broad SMARTS) is 1. The lowest BCUT2D eigenvalue weighted by atomic mass is 9.81. The van der Waals surface area contributed by atoms with E-state index in [0.29, 0.717) is 39.3 Å². The number of rotatable bonds is 6. The van der Waals surface area contributed by atoms with Gasteiger partial charge in [-0.25, -0.2) is 4.79 Å². The molecule has 1 fully saturated rings. The minimum Gasteiger partial charge on any atom is -0.477 e. The molecule has 1 N–H and O–H groups in total. The summed E-state index contributed by atoms with van der Waals surface area (Å²) in [6.45, 7) is 7.09. The quantitative estimate of drug-likeness (QED) is 0.377. The van der Waals surface area contributed by atoms with Gasteiger partial charge in [0.25, 0.3) is 0 Å². The van der Waals surface area contributed by atoms with Crippen LogP contribution < -0.4 is 0 Å². The Balaban J connectivity index is 2.00. The second-order valence-electron chi connectivity index (χ2n) is 8.68. The number of halogens is 2. The van der Waals surface area contributed by atoms with Crippen LogP contribution in [0.4, 0.5) is 0 Å². The Hall–Kier alpha value is -1.84. The second-order valence-corrected chi connectivity index (χ2v) is 10.6. The minimum atomic E-state index is -1.01. The summed E-state index contributed by atoms with van der Waals surface area (Å²) in [5.41, 5.74) is 0.826. The van der Waals surface area contributed by atoms with Gasteiger partial charge in [0.15, 0.2) is 5.78 Å². The fourth-order valence-corrected chi connectivity index (χ4v) is 5.02. The van der Waals surface area contributed by atoms with Gasteiger partial charge in [-0.1, -0.05) is 35.0 Å². The lowest BCUT2D eigenvalue weighted by molar-refractivity contribution is 0.0698. The Morgan fingerprint density at radius 2 is 2.03 bits per heavy atom. The van der Waals surface area contributed by atoms with Crippen LogP contribution >= 0.6 is 34.5 Å². The first-order chi connectivity index (χ1) is 14.5. The van der Waals surface area contributed by atoms with Gasteiger partial charge in [0.1, 0.15) is 4.88 Å². The van der Waals surface area contributed by atoms with Crippen molar-refractivity contribution < 1.29 is 19.4 Å². The van der Waals surface area contributed by atoms with E-state index in [1.807, 2.05) is 26.8 Å². The number of hydrogen-bond donors (Lipinski definition) is 1. The molecule has 0 amide bonds. The third-order valence-corrected chi connectivity index (χ3v) is 6.69. The van der Waals surface area contributed by atoms with Crippen LogP contribution in [-0.4, -0.2) is 30.1 Å². The minimum absolute atomic E-state index is 0.0474. The predicted molar refractivity (Wildman–Crippen MR) is 125 cm³/mol. The first kappa shape index (κ1) is 23.8. The van der Waals surface area contributed by atoms with E-state index in [9.17, 15) is 14.7 Å². The number of benzene rings is 1. The highest BCUT2D eigenvalue weighted by molar-refractivity contribution is 7.14. The number of ether oxygens (including phenoxy) is 1. The molecular formula is C24H24Cl2O4S. The Morgan fingerprint density at radius 1 is 1.29 bits per heavy atom. The van der Waals surface area contributed by atoms with E-state index < -0.39 is 5.97 Å². The highest BCUT2D eigenvalue weighted by Gasteiger charge is 2.33. The van der Waals surface area contributed by atoms with E-state index in [1.165, 1.54) is 6.07 Å². The SMILES string of the molecule is CC(C)(C)C#Cc1cc(C(CC(=O)c2ccc(Cl)cc2Cl)C2CCOC2)c(C(=O)O)s1. The zero-order valence-corrected chi connectivity index (χ0v) is 20.0. The third kappa shape index (κ3) is 6.11. The molecule has 0 aliphatic carbocycles. The summed E-state index contributed by atoms with van der Waals surface area (Å²) in [6, 6.07) is 6.60. The molecule has 0 bridgehead atoms. The highest BCUT2D eigenvalue weighted by atomic mass is 35.5. The van der Waals surface area contributed by atoms with Gasteiger partial charge in [0.2, 0.25) is 0 Å². The normalized spacial score (nSPS) is 17.1. The van der Waals surface area contributed by atoms with Crippen molar-refractivity contribution in [2.24, 2.45) is 11.3 Å². The van der Waals surface area contributed by atoms with Crippen LogP contribution in [0, 0.1) is 23.2 Å². The molecule has 1 aliphatic rings. The maximum absolute atomic E-state index is 13.1. The molecule has 2 atom stereocenters. The van der Waals surface area contributed by atoms with Crippen molar-refractivity contribution >= 4 is 46.3 Å². The molecule has 4 nitrogen and oxygen atoms in total. The molecule has 3 rings (SSSR count). The molecule has 1 aliphatic heterocycles. The Kier molecular flexibility index (Phi) is 7.49. The summed E-state index contributed by atoms with van der Waals surface area (Å²) < 4.78 is 5.56. The molecule has 7 heteroatoms. The molecule has 0 spiro atoms. The van der Waals surface area contributed by atoms with E-state index in [1.54, 1.807) is 12.1 Å². The van der Waals surface area contributed by atoms with Crippen molar-refractivity contribution in [3.05, 3.63) is 55.2 Å². The van der Waals surface area contributed by atoms with Crippen molar-refractivity contribution in [3.8, 4) is 11.8 Å². The number of Topliss-reactive ketones (excluding diaryl/α,β-unsaturated/α-hetero) is 1. The van der Waals surface area contributed by atoms with E-state index in [2.05, 4.69) is 11.8 Å². The fourth-order valence-electron chi connectivity index (χ4n) is 3.58. The summed E-state index contributed by atoms with van der Waals surface area (Å²) in [7, 11) is 0. The standard InChI is InChI=1S/C24H24Cl2O4S/c1-24(2,3)8-6-16-11-19(22(31-16)23(28)29)18(14-7-9-30-13-14)12-21(27)17-5-4-15(25)10-20(17)26/h4-5,10-11,14,18H,7,9,12-13H2,1-3H3,(H,28,29). The average Bonchev–Trinajstić information content (AvgIpc) is 3.34. The van der Waals surface area contributed by atoms with Crippen LogP contribution in [0.15, 0.2) is 24.3 Å². The smallest absolute Gasteiger partial charge is 0.346 e. The zero-order valence-electron chi connectivity index (χ0n) is 17.6. The van der Waals surface area contributed by atoms with E-state index >= 15 is 0 Å². The summed E-state index contributed by atoms with van der Waals surface area (Å²) >= 11 is 13.4. The van der Waals surface area contributed by atoms with E-state index in [-0.39, 0.29) is 34.3 Å². The van der Waals surface area contributed by atoms with Gasteiger partial charge in [-0.05, 0) is 68.9 Å². The number of ketones is 1. The van der Waals surface area contributed by atoms with Gasteiger partial charge >= 0.3 is 5.97 Å². The fraction of sp³-hybridized carbons (Fsp3) is 0.417.